The third-order valence-corrected chi connectivity index (χ3v) is 5.61. The van der Waals surface area contributed by atoms with E-state index < -0.39 is 15.8 Å². The van der Waals surface area contributed by atoms with E-state index in [9.17, 15) is 12.8 Å². The molecule has 2 N–H and O–H groups in total. The third kappa shape index (κ3) is 4.08. The van der Waals surface area contributed by atoms with Crippen molar-refractivity contribution in [3.63, 3.8) is 0 Å². The van der Waals surface area contributed by atoms with Gasteiger partial charge in [-0.1, -0.05) is 30.3 Å². The zero-order valence-corrected chi connectivity index (χ0v) is 15.1. The SMILES string of the molecule is Cc1ccc(CS(=O)(=O)NCCc2c[nH]c3c(C)cccc23)c(F)c1. The van der Waals surface area contributed by atoms with Gasteiger partial charge >= 0.3 is 0 Å². The van der Waals surface area contributed by atoms with Crippen LogP contribution in [0, 0.1) is 19.7 Å². The summed E-state index contributed by atoms with van der Waals surface area (Å²) in [5.74, 6) is -0.843. The standard InChI is InChI=1S/C19H21FN2O2S/c1-13-6-7-16(18(20)10-13)12-25(23,24)22-9-8-15-11-21-19-14(2)4-3-5-17(15)19/h3-7,10-11,21-22H,8-9,12H2,1-2H3. The average molecular weight is 360 g/mol. The highest BCUT2D eigenvalue weighted by molar-refractivity contribution is 7.88. The Labute approximate surface area is 147 Å². The molecule has 0 fully saturated rings. The first-order valence-electron chi connectivity index (χ1n) is 8.14. The van der Waals surface area contributed by atoms with E-state index in [1.807, 2.05) is 31.3 Å². The minimum Gasteiger partial charge on any atom is -0.361 e. The number of H-pyrrole nitrogens is 1. The fourth-order valence-electron chi connectivity index (χ4n) is 2.94. The second-order valence-corrected chi connectivity index (χ2v) is 8.12. The number of nitrogens with one attached hydrogen (secondary N) is 2. The van der Waals surface area contributed by atoms with E-state index in [1.165, 1.54) is 12.1 Å². The van der Waals surface area contributed by atoms with Crippen LogP contribution in [0.4, 0.5) is 4.39 Å². The molecule has 0 unspecified atom stereocenters. The topological polar surface area (TPSA) is 62.0 Å². The van der Waals surface area contributed by atoms with Crippen molar-refractivity contribution in [1.29, 1.82) is 0 Å². The van der Waals surface area contributed by atoms with Crippen LogP contribution in [0.25, 0.3) is 10.9 Å². The molecule has 3 aromatic rings. The van der Waals surface area contributed by atoms with Gasteiger partial charge in [-0.25, -0.2) is 17.5 Å². The van der Waals surface area contributed by atoms with Gasteiger partial charge in [-0.2, -0.15) is 0 Å². The van der Waals surface area contributed by atoms with Gasteiger partial charge < -0.3 is 4.98 Å². The Morgan fingerprint density at radius 3 is 2.68 bits per heavy atom. The highest BCUT2D eigenvalue weighted by atomic mass is 32.2. The summed E-state index contributed by atoms with van der Waals surface area (Å²) in [6, 6.07) is 10.6. The van der Waals surface area contributed by atoms with Gasteiger partial charge in [0.25, 0.3) is 0 Å². The number of rotatable bonds is 6. The quantitative estimate of drug-likeness (QED) is 0.706. The summed E-state index contributed by atoms with van der Waals surface area (Å²) in [6.45, 7) is 4.07. The maximum Gasteiger partial charge on any atom is 0.215 e. The second-order valence-electron chi connectivity index (χ2n) is 6.31. The van der Waals surface area contributed by atoms with E-state index in [1.54, 1.807) is 13.0 Å². The smallest absolute Gasteiger partial charge is 0.215 e. The summed E-state index contributed by atoms with van der Waals surface area (Å²) >= 11 is 0. The summed E-state index contributed by atoms with van der Waals surface area (Å²) in [7, 11) is -3.58. The summed E-state index contributed by atoms with van der Waals surface area (Å²) in [6.07, 6.45) is 2.48. The Hall–Kier alpha value is -2.18. The number of para-hydroxylation sites is 1. The molecule has 6 heteroatoms. The van der Waals surface area contributed by atoms with E-state index in [2.05, 4.69) is 9.71 Å². The molecule has 0 amide bonds. The molecule has 132 valence electrons. The van der Waals surface area contributed by atoms with Crippen molar-refractivity contribution in [2.24, 2.45) is 0 Å². The van der Waals surface area contributed by atoms with Crippen LogP contribution in [0.3, 0.4) is 0 Å². The molecule has 3 rings (SSSR count). The lowest BCUT2D eigenvalue weighted by Crippen LogP contribution is -2.27. The number of fused-ring (bicyclic) bond motifs is 1. The summed E-state index contributed by atoms with van der Waals surface area (Å²) in [5, 5.41) is 1.10. The molecule has 0 spiro atoms. The van der Waals surface area contributed by atoms with Crippen molar-refractivity contribution in [1.82, 2.24) is 9.71 Å². The molecular weight excluding hydrogens is 339 g/mol. The molecule has 4 nitrogen and oxygen atoms in total. The molecule has 0 atom stereocenters. The Morgan fingerprint density at radius 2 is 1.92 bits per heavy atom. The number of aromatic amines is 1. The number of aromatic nitrogens is 1. The van der Waals surface area contributed by atoms with E-state index in [-0.39, 0.29) is 17.9 Å². The van der Waals surface area contributed by atoms with Crippen LogP contribution < -0.4 is 4.72 Å². The number of hydrogen-bond donors (Lipinski definition) is 2. The van der Waals surface area contributed by atoms with Crippen LogP contribution in [0.5, 0.6) is 0 Å². The number of hydrogen-bond acceptors (Lipinski definition) is 2. The van der Waals surface area contributed by atoms with Crippen molar-refractivity contribution >= 4 is 20.9 Å². The molecule has 0 radical (unpaired) electrons. The van der Waals surface area contributed by atoms with Gasteiger partial charge in [-0.3, -0.25) is 0 Å². The van der Waals surface area contributed by atoms with E-state index in [4.69, 9.17) is 0 Å². The first-order chi connectivity index (χ1) is 11.9. The van der Waals surface area contributed by atoms with Gasteiger partial charge in [0.15, 0.2) is 0 Å². The predicted octanol–water partition coefficient (Wildman–Crippen LogP) is 3.59. The largest absolute Gasteiger partial charge is 0.361 e. The lowest BCUT2D eigenvalue weighted by molar-refractivity contribution is 0.574. The number of halogens is 1. The van der Waals surface area contributed by atoms with Gasteiger partial charge in [0, 0.05) is 29.2 Å². The molecule has 1 heterocycles. The number of benzene rings is 2. The lowest BCUT2D eigenvalue weighted by Gasteiger charge is -2.08. The molecule has 0 aliphatic carbocycles. The van der Waals surface area contributed by atoms with Crippen LogP contribution in [-0.4, -0.2) is 19.9 Å². The zero-order chi connectivity index (χ0) is 18.0. The first-order valence-corrected chi connectivity index (χ1v) is 9.79. The van der Waals surface area contributed by atoms with Gasteiger partial charge in [0.2, 0.25) is 10.0 Å². The molecule has 0 aliphatic rings. The van der Waals surface area contributed by atoms with E-state index in [0.717, 1.165) is 27.6 Å². The van der Waals surface area contributed by atoms with Crippen LogP contribution in [-0.2, 0) is 22.2 Å². The second kappa shape index (κ2) is 6.98. The molecule has 1 aromatic heterocycles. The number of sulfonamides is 1. The Kier molecular flexibility index (Phi) is 4.92. The van der Waals surface area contributed by atoms with Crippen LogP contribution in [0.2, 0.25) is 0 Å². The van der Waals surface area contributed by atoms with Gasteiger partial charge in [-0.05, 0) is 43.0 Å². The maximum atomic E-state index is 13.8. The molecule has 0 saturated carbocycles. The van der Waals surface area contributed by atoms with E-state index in [0.29, 0.717) is 6.42 Å². The van der Waals surface area contributed by atoms with Gasteiger partial charge in [0.05, 0.1) is 5.75 Å². The molecular formula is C19H21FN2O2S. The fourth-order valence-corrected chi connectivity index (χ4v) is 4.10. The maximum absolute atomic E-state index is 13.8. The van der Waals surface area contributed by atoms with E-state index >= 15 is 0 Å². The van der Waals surface area contributed by atoms with Crippen molar-refractivity contribution in [2.45, 2.75) is 26.0 Å². The van der Waals surface area contributed by atoms with Crippen molar-refractivity contribution in [3.05, 3.63) is 70.7 Å². The normalized spacial score (nSPS) is 12.0. The highest BCUT2D eigenvalue weighted by Crippen LogP contribution is 2.21. The molecule has 0 aliphatic heterocycles. The van der Waals surface area contributed by atoms with Crippen LogP contribution >= 0.6 is 0 Å². The molecule has 2 aromatic carbocycles. The van der Waals surface area contributed by atoms with Crippen molar-refractivity contribution in [3.8, 4) is 0 Å². The summed E-state index contributed by atoms with van der Waals surface area (Å²) < 4.78 is 40.8. The summed E-state index contributed by atoms with van der Waals surface area (Å²) in [4.78, 5) is 3.23. The van der Waals surface area contributed by atoms with Crippen LogP contribution in [0.1, 0.15) is 22.3 Å². The Bertz CT molecular complexity index is 1010. The lowest BCUT2D eigenvalue weighted by atomic mass is 10.1. The minimum atomic E-state index is -3.58. The highest BCUT2D eigenvalue weighted by Gasteiger charge is 2.15. The molecule has 25 heavy (non-hydrogen) atoms. The Balaban J connectivity index is 1.65. The van der Waals surface area contributed by atoms with Crippen molar-refractivity contribution in [2.75, 3.05) is 6.54 Å². The van der Waals surface area contributed by atoms with Gasteiger partial charge in [0.1, 0.15) is 5.82 Å². The zero-order valence-electron chi connectivity index (χ0n) is 14.3. The average Bonchev–Trinajstić information content (AvgIpc) is 2.95. The first kappa shape index (κ1) is 17.6. The molecule has 0 saturated heterocycles. The monoisotopic (exact) mass is 360 g/mol. The minimum absolute atomic E-state index is 0.181. The number of aryl methyl sites for hydroxylation is 2. The molecule has 0 bridgehead atoms. The van der Waals surface area contributed by atoms with Crippen LogP contribution in [0.15, 0.2) is 42.6 Å². The summed E-state index contributed by atoms with van der Waals surface area (Å²) in [5.41, 5.74) is 4.23. The fraction of sp³-hybridized carbons (Fsp3) is 0.263. The van der Waals surface area contributed by atoms with Crippen molar-refractivity contribution < 1.29 is 12.8 Å². The Morgan fingerprint density at radius 1 is 1.12 bits per heavy atom. The predicted molar refractivity (Wildman–Crippen MR) is 98.5 cm³/mol. The third-order valence-electron chi connectivity index (χ3n) is 4.28. The van der Waals surface area contributed by atoms with Gasteiger partial charge in [-0.15, -0.1) is 0 Å².